The first-order valence-electron chi connectivity index (χ1n) is 7.68. The van der Waals surface area contributed by atoms with Gasteiger partial charge in [0.2, 0.25) is 0 Å². The van der Waals surface area contributed by atoms with E-state index in [1.165, 1.54) is 17.7 Å². The van der Waals surface area contributed by atoms with Gasteiger partial charge in [0.05, 0.1) is 6.54 Å². The Kier molecular flexibility index (Phi) is 4.46. The molecule has 4 nitrogen and oxygen atoms in total. The van der Waals surface area contributed by atoms with E-state index in [9.17, 15) is 9.18 Å². The molecule has 2 amide bonds. The van der Waals surface area contributed by atoms with Crippen molar-refractivity contribution in [1.82, 2.24) is 5.32 Å². The van der Waals surface area contributed by atoms with Crippen molar-refractivity contribution < 1.29 is 13.9 Å². The number of fused-ring (bicyclic) bond motifs is 1. The predicted octanol–water partition coefficient (Wildman–Crippen LogP) is 3.37. The summed E-state index contributed by atoms with van der Waals surface area (Å²) in [6.45, 7) is 2.76. The molecule has 1 aliphatic heterocycles. The van der Waals surface area contributed by atoms with Gasteiger partial charge in [-0.3, -0.25) is 4.90 Å². The average molecular weight is 314 g/mol. The molecule has 0 saturated heterocycles. The van der Waals surface area contributed by atoms with Crippen LogP contribution >= 0.6 is 0 Å². The number of amides is 2. The fourth-order valence-corrected chi connectivity index (χ4v) is 2.82. The van der Waals surface area contributed by atoms with Crippen LogP contribution in [0, 0.1) is 5.82 Å². The molecule has 1 heterocycles. The van der Waals surface area contributed by atoms with Crippen molar-refractivity contribution >= 4 is 11.7 Å². The number of benzene rings is 2. The maximum absolute atomic E-state index is 12.8. The molecule has 1 N–H and O–H groups in total. The lowest BCUT2D eigenvalue weighted by molar-refractivity contribution is 0.240. The lowest BCUT2D eigenvalue weighted by Gasteiger charge is -2.23. The highest BCUT2D eigenvalue weighted by atomic mass is 19.1. The monoisotopic (exact) mass is 314 g/mol. The summed E-state index contributed by atoms with van der Waals surface area (Å²) in [7, 11) is 0. The molecule has 0 aromatic heterocycles. The molecule has 0 saturated carbocycles. The van der Waals surface area contributed by atoms with E-state index in [1.54, 1.807) is 17.0 Å². The Bertz CT molecular complexity index is 688. The van der Waals surface area contributed by atoms with Gasteiger partial charge in [0.15, 0.2) is 0 Å². The number of carbonyl (C=O) groups excluding carboxylic acids is 1. The summed E-state index contributed by atoms with van der Waals surface area (Å²) in [4.78, 5) is 14.2. The van der Waals surface area contributed by atoms with E-state index in [4.69, 9.17) is 4.74 Å². The first-order valence-corrected chi connectivity index (χ1v) is 7.68. The van der Waals surface area contributed by atoms with Crippen molar-refractivity contribution in [2.75, 3.05) is 18.1 Å². The third kappa shape index (κ3) is 3.44. The molecule has 1 unspecified atom stereocenters. The highest BCUT2D eigenvalue weighted by Gasteiger charge is 2.30. The fraction of sp³-hybridized carbons (Fsp3) is 0.278. The minimum Gasteiger partial charge on any atom is -0.492 e. The Labute approximate surface area is 134 Å². The Morgan fingerprint density at radius 2 is 2.00 bits per heavy atom. The second kappa shape index (κ2) is 6.69. The van der Waals surface area contributed by atoms with Gasteiger partial charge in [0.25, 0.3) is 0 Å². The Morgan fingerprint density at radius 3 is 2.78 bits per heavy atom. The maximum Gasteiger partial charge on any atom is 0.322 e. The smallest absolute Gasteiger partial charge is 0.322 e. The maximum atomic E-state index is 12.8. The molecule has 3 rings (SSSR count). The van der Waals surface area contributed by atoms with E-state index < -0.39 is 0 Å². The van der Waals surface area contributed by atoms with E-state index in [-0.39, 0.29) is 17.9 Å². The number of ether oxygens (including phenoxy) is 1. The molecule has 2 aromatic rings. The summed E-state index contributed by atoms with van der Waals surface area (Å²) in [5.41, 5.74) is 2.16. The SMILES string of the molecule is CC1Cc2ccccc2N1C(=O)NCCOc1ccc(F)cc1. The zero-order chi connectivity index (χ0) is 16.2. The Balaban J connectivity index is 1.51. The van der Waals surface area contributed by atoms with Crippen molar-refractivity contribution in [3.63, 3.8) is 0 Å². The van der Waals surface area contributed by atoms with Gasteiger partial charge in [0.1, 0.15) is 18.2 Å². The Morgan fingerprint density at radius 1 is 1.26 bits per heavy atom. The van der Waals surface area contributed by atoms with Crippen molar-refractivity contribution in [2.45, 2.75) is 19.4 Å². The number of carbonyl (C=O) groups is 1. The number of nitrogens with zero attached hydrogens (tertiary/aromatic N) is 1. The van der Waals surface area contributed by atoms with Crippen LogP contribution in [0.3, 0.4) is 0 Å². The molecule has 0 aliphatic carbocycles. The number of urea groups is 1. The second-order valence-electron chi connectivity index (χ2n) is 5.59. The zero-order valence-corrected chi connectivity index (χ0v) is 13.0. The third-order valence-corrected chi connectivity index (χ3v) is 3.89. The molecule has 23 heavy (non-hydrogen) atoms. The lowest BCUT2D eigenvalue weighted by Crippen LogP contribution is -2.44. The number of rotatable bonds is 4. The van der Waals surface area contributed by atoms with Gasteiger partial charge in [-0.2, -0.15) is 0 Å². The number of para-hydroxylation sites is 1. The normalized spacial score (nSPS) is 16.1. The van der Waals surface area contributed by atoms with Crippen LogP contribution in [0.15, 0.2) is 48.5 Å². The Hall–Kier alpha value is -2.56. The number of halogens is 1. The molecule has 5 heteroatoms. The third-order valence-electron chi connectivity index (χ3n) is 3.89. The van der Waals surface area contributed by atoms with Gasteiger partial charge in [-0.15, -0.1) is 0 Å². The average Bonchev–Trinajstić information content (AvgIpc) is 2.89. The summed E-state index contributed by atoms with van der Waals surface area (Å²) < 4.78 is 18.3. The van der Waals surface area contributed by atoms with Gasteiger partial charge in [0, 0.05) is 11.7 Å². The van der Waals surface area contributed by atoms with Gasteiger partial charge < -0.3 is 10.1 Å². The standard InChI is InChI=1S/C18H19FN2O2/c1-13-12-14-4-2-3-5-17(14)21(13)18(22)20-10-11-23-16-8-6-15(19)7-9-16/h2-9,13H,10-12H2,1H3,(H,20,22). The van der Waals surface area contributed by atoms with Gasteiger partial charge in [-0.25, -0.2) is 9.18 Å². The molecule has 1 aliphatic rings. The molecule has 1 atom stereocenters. The first kappa shape index (κ1) is 15.3. The fourth-order valence-electron chi connectivity index (χ4n) is 2.82. The highest BCUT2D eigenvalue weighted by molar-refractivity contribution is 5.94. The van der Waals surface area contributed by atoms with Crippen LogP contribution in [0.5, 0.6) is 5.75 Å². The van der Waals surface area contributed by atoms with E-state index in [0.29, 0.717) is 18.9 Å². The van der Waals surface area contributed by atoms with Crippen LogP contribution in [0.4, 0.5) is 14.9 Å². The van der Waals surface area contributed by atoms with Crippen molar-refractivity contribution in [1.29, 1.82) is 0 Å². The molecular formula is C18H19FN2O2. The predicted molar refractivity (Wildman–Crippen MR) is 87.4 cm³/mol. The van der Waals surface area contributed by atoms with E-state index in [0.717, 1.165) is 12.1 Å². The number of hydrogen-bond acceptors (Lipinski definition) is 2. The summed E-state index contributed by atoms with van der Waals surface area (Å²) in [5.74, 6) is 0.285. The number of nitrogens with one attached hydrogen (secondary N) is 1. The van der Waals surface area contributed by atoms with Crippen LogP contribution in [0.25, 0.3) is 0 Å². The summed E-state index contributed by atoms with van der Waals surface area (Å²) >= 11 is 0. The molecule has 0 fully saturated rings. The van der Waals surface area contributed by atoms with Gasteiger partial charge in [-0.1, -0.05) is 18.2 Å². The molecule has 120 valence electrons. The van der Waals surface area contributed by atoms with Gasteiger partial charge >= 0.3 is 6.03 Å². The molecule has 2 aromatic carbocycles. The summed E-state index contributed by atoms with van der Waals surface area (Å²) in [6.07, 6.45) is 0.871. The number of hydrogen-bond donors (Lipinski definition) is 1. The highest BCUT2D eigenvalue weighted by Crippen LogP contribution is 2.31. The quantitative estimate of drug-likeness (QED) is 0.879. The van der Waals surface area contributed by atoms with Crippen molar-refractivity contribution in [2.24, 2.45) is 0 Å². The molecule has 0 radical (unpaired) electrons. The zero-order valence-electron chi connectivity index (χ0n) is 13.0. The summed E-state index contributed by atoms with van der Waals surface area (Å²) in [5, 5.41) is 2.87. The minimum absolute atomic E-state index is 0.120. The van der Waals surface area contributed by atoms with E-state index >= 15 is 0 Å². The van der Waals surface area contributed by atoms with Crippen LogP contribution < -0.4 is 15.0 Å². The van der Waals surface area contributed by atoms with E-state index in [1.807, 2.05) is 25.1 Å². The molecule has 0 bridgehead atoms. The first-order chi connectivity index (χ1) is 11.1. The molecule has 0 spiro atoms. The van der Waals surface area contributed by atoms with E-state index in [2.05, 4.69) is 11.4 Å². The van der Waals surface area contributed by atoms with Crippen LogP contribution in [-0.4, -0.2) is 25.2 Å². The number of anilines is 1. The summed E-state index contributed by atoms with van der Waals surface area (Å²) in [6, 6.07) is 13.8. The topological polar surface area (TPSA) is 41.6 Å². The van der Waals surface area contributed by atoms with Crippen molar-refractivity contribution in [3.8, 4) is 5.75 Å². The van der Waals surface area contributed by atoms with Crippen LogP contribution in [0.2, 0.25) is 0 Å². The minimum atomic E-state index is -0.299. The second-order valence-corrected chi connectivity index (χ2v) is 5.59. The van der Waals surface area contributed by atoms with Gasteiger partial charge in [-0.05, 0) is 49.2 Å². The van der Waals surface area contributed by atoms with Crippen LogP contribution in [0.1, 0.15) is 12.5 Å². The lowest BCUT2D eigenvalue weighted by atomic mass is 10.1. The molecular weight excluding hydrogens is 295 g/mol. The van der Waals surface area contributed by atoms with Crippen LogP contribution in [-0.2, 0) is 6.42 Å². The largest absolute Gasteiger partial charge is 0.492 e. The van der Waals surface area contributed by atoms with Crippen molar-refractivity contribution in [3.05, 3.63) is 59.9 Å².